The number of nitrogens with zero attached hydrogens (tertiary/aromatic N) is 1. The number of H-pyrrole nitrogens is 1. The van der Waals surface area contributed by atoms with Gasteiger partial charge in [0.15, 0.2) is 0 Å². The number of halogens is 1. The minimum atomic E-state index is -0.814. The van der Waals surface area contributed by atoms with Crippen molar-refractivity contribution in [2.24, 2.45) is 29.1 Å². The second-order valence-electron chi connectivity index (χ2n) is 11.2. The van der Waals surface area contributed by atoms with Crippen LogP contribution in [-0.2, 0) is 16.0 Å². The smallest absolute Gasteiger partial charge is 0.303 e. The van der Waals surface area contributed by atoms with Crippen molar-refractivity contribution in [3.8, 4) is 0 Å². The number of allylic oxidation sites excluding steroid dienone is 1. The number of carboxylic acids is 1. The van der Waals surface area contributed by atoms with Crippen LogP contribution in [0.3, 0.4) is 0 Å². The number of imidazole rings is 1. The molecule has 1 saturated carbocycles. The van der Waals surface area contributed by atoms with Crippen LogP contribution in [0.2, 0.25) is 0 Å². The van der Waals surface area contributed by atoms with Crippen molar-refractivity contribution in [3.63, 3.8) is 0 Å². The van der Waals surface area contributed by atoms with E-state index in [1.807, 2.05) is 0 Å². The van der Waals surface area contributed by atoms with Crippen molar-refractivity contribution in [3.05, 3.63) is 41.5 Å². The molecule has 3 unspecified atom stereocenters. The maximum absolute atomic E-state index is 13.6. The van der Waals surface area contributed by atoms with E-state index in [1.165, 1.54) is 17.7 Å². The Balaban J connectivity index is 1.40. The summed E-state index contributed by atoms with van der Waals surface area (Å²) in [6.45, 7) is 7.20. The van der Waals surface area contributed by atoms with Gasteiger partial charge in [-0.25, -0.2) is 9.37 Å². The molecule has 2 aromatic rings. The van der Waals surface area contributed by atoms with Crippen molar-refractivity contribution in [2.75, 3.05) is 6.54 Å². The number of fused-ring (bicyclic) bond motifs is 1. The lowest BCUT2D eigenvalue weighted by atomic mass is 9.69. The summed E-state index contributed by atoms with van der Waals surface area (Å²) in [5, 5.41) is 12.5. The number of hydrogen-bond donors (Lipinski definition) is 3. The molecule has 0 saturated heterocycles. The van der Waals surface area contributed by atoms with E-state index in [-0.39, 0.29) is 29.5 Å². The number of aliphatic carboxylic acids is 1. The van der Waals surface area contributed by atoms with Gasteiger partial charge in [0, 0.05) is 19.4 Å². The first-order valence-electron chi connectivity index (χ1n) is 12.9. The van der Waals surface area contributed by atoms with Crippen molar-refractivity contribution < 1.29 is 19.1 Å². The highest BCUT2D eigenvalue weighted by Gasteiger charge is 2.38. The lowest BCUT2D eigenvalue weighted by molar-refractivity contribution is -0.140. The summed E-state index contributed by atoms with van der Waals surface area (Å²) >= 11 is 0. The monoisotopic (exact) mass is 483 g/mol. The van der Waals surface area contributed by atoms with Crippen LogP contribution in [0.15, 0.2) is 29.8 Å². The van der Waals surface area contributed by atoms with Gasteiger partial charge in [-0.2, -0.15) is 0 Å². The normalized spacial score (nSPS) is 24.0. The van der Waals surface area contributed by atoms with Gasteiger partial charge in [-0.15, -0.1) is 0 Å². The molecule has 1 aromatic carbocycles. The molecule has 1 heterocycles. The number of aromatic amines is 1. The molecule has 2 aliphatic rings. The van der Waals surface area contributed by atoms with Gasteiger partial charge in [0.05, 0.1) is 17.5 Å². The van der Waals surface area contributed by atoms with Crippen LogP contribution < -0.4 is 5.32 Å². The molecule has 2 aliphatic carbocycles. The maximum atomic E-state index is 13.6. The molecule has 0 radical (unpaired) electrons. The minimum absolute atomic E-state index is 0.0293. The van der Waals surface area contributed by atoms with E-state index in [2.05, 4.69) is 42.1 Å². The fraction of sp³-hybridized carbons (Fsp3) is 0.607. The standard InChI is InChI=1S/C28H38FN3O3/c1-17(2)22-11-19(12-25-31-23-7-6-21(29)13-24(23)32-25)18(3)10-20(22)16-30-26(33)14-28(15-27(34)35)8-4-5-9-28/h6-7,10,13,17,19-20,22H,4-5,8-9,11-12,14-16H2,1-3H3,(H,30,33)(H,31,32)(H,34,35). The van der Waals surface area contributed by atoms with Gasteiger partial charge in [-0.05, 0) is 73.5 Å². The van der Waals surface area contributed by atoms with Crippen molar-refractivity contribution in [2.45, 2.75) is 72.1 Å². The Kier molecular flexibility index (Phi) is 7.62. The molecule has 4 rings (SSSR count). The first kappa shape index (κ1) is 25.4. The number of hydrogen-bond acceptors (Lipinski definition) is 3. The average Bonchev–Trinajstić information content (AvgIpc) is 3.39. The maximum Gasteiger partial charge on any atom is 0.303 e. The third kappa shape index (κ3) is 6.11. The summed E-state index contributed by atoms with van der Waals surface area (Å²) in [7, 11) is 0. The number of benzene rings is 1. The summed E-state index contributed by atoms with van der Waals surface area (Å²) in [6.07, 6.45) is 8.12. The molecule has 0 aliphatic heterocycles. The number of carbonyl (C=O) groups excluding carboxylic acids is 1. The molecule has 0 bridgehead atoms. The first-order valence-corrected chi connectivity index (χ1v) is 12.9. The van der Waals surface area contributed by atoms with Crippen LogP contribution in [0.25, 0.3) is 11.0 Å². The molecule has 1 fully saturated rings. The Labute approximate surface area is 206 Å². The number of rotatable bonds is 9. The number of nitrogens with one attached hydrogen (secondary N) is 2. The van der Waals surface area contributed by atoms with Crippen LogP contribution in [0.1, 0.15) is 71.5 Å². The van der Waals surface area contributed by atoms with Crippen LogP contribution in [0.4, 0.5) is 4.39 Å². The molecule has 190 valence electrons. The SMILES string of the molecule is CC1=CC(CNC(=O)CC2(CC(=O)O)CCCC2)C(C(C)C)CC1Cc1nc2ccc(F)cc2[nH]1. The number of carbonyl (C=O) groups is 2. The number of carboxylic acid groups (broad SMARTS) is 1. The minimum Gasteiger partial charge on any atom is -0.481 e. The molecule has 1 aromatic heterocycles. The Morgan fingerprint density at radius 2 is 2.00 bits per heavy atom. The van der Waals surface area contributed by atoms with Gasteiger partial charge in [0.2, 0.25) is 5.91 Å². The number of aromatic nitrogens is 2. The van der Waals surface area contributed by atoms with Gasteiger partial charge >= 0.3 is 5.97 Å². The average molecular weight is 484 g/mol. The van der Waals surface area contributed by atoms with Crippen LogP contribution in [0.5, 0.6) is 0 Å². The van der Waals surface area contributed by atoms with Crippen molar-refractivity contribution in [1.82, 2.24) is 15.3 Å². The quantitative estimate of drug-likeness (QED) is 0.402. The number of amides is 1. The Morgan fingerprint density at radius 3 is 2.69 bits per heavy atom. The zero-order valence-electron chi connectivity index (χ0n) is 21.1. The zero-order chi connectivity index (χ0) is 25.2. The lowest BCUT2D eigenvalue weighted by Gasteiger charge is -2.37. The van der Waals surface area contributed by atoms with E-state index >= 15 is 0 Å². The van der Waals surface area contributed by atoms with Crippen molar-refractivity contribution >= 4 is 22.9 Å². The van der Waals surface area contributed by atoms with Crippen LogP contribution >= 0.6 is 0 Å². The second kappa shape index (κ2) is 10.5. The van der Waals surface area contributed by atoms with Gasteiger partial charge < -0.3 is 15.4 Å². The second-order valence-corrected chi connectivity index (χ2v) is 11.2. The van der Waals surface area contributed by atoms with E-state index in [1.54, 1.807) is 6.07 Å². The van der Waals surface area contributed by atoms with Crippen LogP contribution in [0, 0.1) is 34.9 Å². The van der Waals surface area contributed by atoms with Crippen LogP contribution in [-0.4, -0.2) is 33.5 Å². The van der Waals surface area contributed by atoms with E-state index in [0.29, 0.717) is 30.7 Å². The first-order chi connectivity index (χ1) is 16.6. The summed E-state index contributed by atoms with van der Waals surface area (Å²) < 4.78 is 13.6. The predicted octanol–water partition coefficient (Wildman–Crippen LogP) is 5.64. The van der Waals surface area contributed by atoms with Gasteiger partial charge in [0.1, 0.15) is 11.6 Å². The largest absolute Gasteiger partial charge is 0.481 e. The molecular formula is C28H38FN3O3. The summed E-state index contributed by atoms with van der Waals surface area (Å²) in [4.78, 5) is 32.1. The molecule has 6 nitrogen and oxygen atoms in total. The fourth-order valence-corrected chi connectivity index (χ4v) is 6.37. The van der Waals surface area contributed by atoms with Gasteiger partial charge in [0.25, 0.3) is 0 Å². The molecule has 0 spiro atoms. The fourth-order valence-electron chi connectivity index (χ4n) is 6.37. The lowest BCUT2D eigenvalue weighted by Crippen LogP contribution is -2.39. The highest BCUT2D eigenvalue weighted by Crippen LogP contribution is 2.44. The molecule has 7 heteroatoms. The van der Waals surface area contributed by atoms with E-state index in [0.717, 1.165) is 55.4 Å². The summed E-state index contributed by atoms with van der Waals surface area (Å²) in [5.41, 5.74) is 2.42. The van der Waals surface area contributed by atoms with E-state index in [9.17, 15) is 19.1 Å². The molecule has 35 heavy (non-hydrogen) atoms. The van der Waals surface area contributed by atoms with Crippen molar-refractivity contribution in [1.29, 1.82) is 0 Å². The highest BCUT2D eigenvalue weighted by molar-refractivity contribution is 5.78. The third-order valence-electron chi connectivity index (χ3n) is 8.28. The van der Waals surface area contributed by atoms with Gasteiger partial charge in [-0.1, -0.05) is 38.3 Å². The highest BCUT2D eigenvalue weighted by atomic mass is 19.1. The summed E-state index contributed by atoms with van der Waals surface area (Å²) in [6, 6.07) is 4.62. The molecular weight excluding hydrogens is 445 g/mol. The molecule has 3 atom stereocenters. The predicted molar refractivity (Wildman–Crippen MR) is 134 cm³/mol. The molecule has 3 N–H and O–H groups in total. The Morgan fingerprint density at radius 1 is 1.26 bits per heavy atom. The van der Waals surface area contributed by atoms with Gasteiger partial charge in [-0.3, -0.25) is 9.59 Å². The third-order valence-corrected chi connectivity index (χ3v) is 8.28. The Bertz CT molecular complexity index is 1100. The topological polar surface area (TPSA) is 95.1 Å². The van der Waals surface area contributed by atoms with E-state index < -0.39 is 5.97 Å². The van der Waals surface area contributed by atoms with E-state index in [4.69, 9.17) is 0 Å². The zero-order valence-corrected chi connectivity index (χ0v) is 21.1. The molecule has 1 amide bonds. The Hall–Kier alpha value is -2.70. The summed E-state index contributed by atoms with van der Waals surface area (Å²) in [5.74, 6) is 1.23.